The van der Waals surface area contributed by atoms with E-state index in [0.29, 0.717) is 23.9 Å². The largest absolute Gasteiger partial charge is 0.348 e. The highest BCUT2D eigenvalue weighted by molar-refractivity contribution is 5.95. The Bertz CT molecular complexity index is 509. The van der Waals surface area contributed by atoms with E-state index < -0.39 is 0 Å². The van der Waals surface area contributed by atoms with Crippen LogP contribution >= 0.6 is 0 Å². The highest BCUT2D eigenvalue weighted by Crippen LogP contribution is 2.26. The number of aryl methyl sites for hydroxylation is 1. The normalized spacial score (nSPS) is 17.5. The van der Waals surface area contributed by atoms with E-state index in [9.17, 15) is 4.79 Å². The number of nitrogens with zero attached hydrogens (tertiary/aromatic N) is 2. The molecule has 0 spiro atoms. The van der Waals surface area contributed by atoms with E-state index in [1.54, 1.807) is 6.20 Å². The first-order valence-electron chi connectivity index (χ1n) is 8.37. The van der Waals surface area contributed by atoms with Gasteiger partial charge in [0.05, 0.1) is 11.3 Å². The predicted octanol–water partition coefficient (Wildman–Crippen LogP) is 2.55. The third kappa shape index (κ3) is 4.03. The van der Waals surface area contributed by atoms with Crippen molar-refractivity contribution in [1.29, 1.82) is 0 Å². The number of nitrogens with one attached hydrogen (secondary N) is 1. The highest BCUT2D eigenvalue weighted by Gasteiger charge is 2.26. The van der Waals surface area contributed by atoms with Crippen molar-refractivity contribution >= 4 is 5.91 Å². The Hall–Kier alpha value is -1.49. The van der Waals surface area contributed by atoms with Gasteiger partial charge in [0, 0.05) is 18.8 Å². The van der Waals surface area contributed by atoms with E-state index >= 15 is 0 Å². The van der Waals surface area contributed by atoms with Crippen LogP contribution in [-0.4, -0.2) is 28.5 Å². The van der Waals surface area contributed by atoms with Crippen LogP contribution in [0.3, 0.4) is 0 Å². The number of aromatic nitrogens is 2. The Kier molecular flexibility index (Phi) is 5.89. The van der Waals surface area contributed by atoms with Gasteiger partial charge < -0.3 is 11.1 Å². The molecule has 3 N–H and O–H groups in total. The highest BCUT2D eigenvalue weighted by atomic mass is 16.1. The second kappa shape index (κ2) is 7.68. The molecule has 0 bridgehead atoms. The van der Waals surface area contributed by atoms with Crippen LogP contribution in [0.15, 0.2) is 6.20 Å². The van der Waals surface area contributed by atoms with Crippen LogP contribution < -0.4 is 11.1 Å². The number of carbonyl (C=O) groups is 1. The van der Waals surface area contributed by atoms with Crippen LogP contribution in [0.4, 0.5) is 0 Å². The van der Waals surface area contributed by atoms with E-state index in [-0.39, 0.29) is 17.9 Å². The van der Waals surface area contributed by atoms with Gasteiger partial charge in [-0.15, -0.1) is 0 Å². The average Bonchev–Trinajstić information content (AvgIpc) is 2.53. The number of nitrogens with two attached hydrogens (primary N) is 1. The van der Waals surface area contributed by atoms with Gasteiger partial charge in [-0.2, -0.15) is 0 Å². The molecule has 1 aromatic heterocycles. The number of rotatable bonds is 5. The fourth-order valence-electron chi connectivity index (χ4n) is 3.25. The Morgan fingerprint density at radius 1 is 1.36 bits per heavy atom. The van der Waals surface area contributed by atoms with Crippen molar-refractivity contribution in [3.63, 3.8) is 0 Å². The molecule has 1 unspecified atom stereocenters. The molecule has 1 fully saturated rings. The predicted molar refractivity (Wildman–Crippen MR) is 87.7 cm³/mol. The molecule has 22 heavy (non-hydrogen) atoms. The van der Waals surface area contributed by atoms with Crippen molar-refractivity contribution in [3.8, 4) is 0 Å². The fourth-order valence-corrected chi connectivity index (χ4v) is 3.25. The van der Waals surface area contributed by atoms with Crippen LogP contribution in [-0.2, 0) is 0 Å². The molecule has 0 saturated heterocycles. The molecule has 1 aromatic rings. The molecule has 0 aliphatic heterocycles. The summed E-state index contributed by atoms with van der Waals surface area (Å²) in [7, 11) is 0. The summed E-state index contributed by atoms with van der Waals surface area (Å²) >= 11 is 0. The van der Waals surface area contributed by atoms with Gasteiger partial charge in [-0.25, -0.2) is 9.97 Å². The summed E-state index contributed by atoms with van der Waals surface area (Å²) in [6, 6.07) is 0.0501. The van der Waals surface area contributed by atoms with Gasteiger partial charge in [0.1, 0.15) is 5.82 Å². The molecule has 1 amide bonds. The Balaban J connectivity index is 2.13. The van der Waals surface area contributed by atoms with Gasteiger partial charge in [-0.05, 0) is 31.6 Å². The quantitative estimate of drug-likeness (QED) is 0.876. The van der Waals surface area contributed by atoms with Gasteiger partial charge >= 0.3 is 0 Å². The first kappa shape index (κ1) is 16.9. The first-order chi connectivity index (χ1) is 10.5. The van der Waals surface area contributed by atoms with Gasteiger partial charge in [0.2, 0.25) is 0 Å². The molecule has 1 atom stereocenters. The van der Waals surface area contributed by atoms with Crippen molar-refractivity contribution < 1.29 is 4.79 Å². The summed E-state index contributed by atoms with van der Waals surface area (Å²) in [5.41, 5.74) is 7.29. The SMILES string of the molecule is Cc1ncc(C(=O)NC(CN)C2CCCCC2)c(C(C)C)n1. The van der Waals surface area contributed by atoms with Crippen LogP contribution in [0, 0.1) is 12.8 Å². The number of hydrogen-bond donors (Lipinski definition) is 2. The van der Waals surface area contributed by atoms with Crippen LogP contribution in [0.25, 0.3) is 0 Å². The van der Waals surface area contributed by atoms with Gasteiger partial charge in [0.15, 0.2) is 0 Å². The summed E-state index contributed by atoms with van der Waals surface area (Å²) in [5.74, 6) is 1.29. The molecule has 0 radical (unpaired) electrons. The molecule has 1 heterocycles. The molecule has 122 valence electrons. The third-order valence-electron chi connectivity index (χ3n) is 4.52. The van der Waals surface area contributed by atoms with E-state index in [4.69, 9.17) is 5.73 Å². The van der Waals surface area contributed by atoms with Crippen LogP contribution in [0.2, 0.25) is 0 Å². The summed E-state index contributed by atoms with van der Waals surface area (Å²) in [6.07, 6.45) is 7.73. The zero-order chi connectivity index (χ0) is 16.1. The lowest BCUT2D eigenvalue weighted by molar-refractivity contribution is 0.0913. The lowest BCUT2D eigenvalue weighted by Gasteiger charge is -2.30. The van der Waals surface area contributed by atoms with Crippen LogP contribution in [0.1, 0.15) is 73.7 Å². The maximum Gasteiger partial charge on any atom is 0.254 e. The summed E-state index contributed by atoms with van der Waals surface area (Å²) in [6.45, 7) is 6.42. The van der Waals surface area contributed by atoms with E-state index in [1.165, 1.54) is 19.3 Å². The first-order valence-corrected chi connectivity index (χ1v) is 8.37. The lowest BCUT2D eigenvalue weighted by Crippen LogP contribution is -2.46. The fraction of sp³-hybridized carbons (Fsp3) is 0.706. The van der Waals surface area contributed by atoms with Crippen molar-refractivity contribution in [2.24, 2.45) is 11.7 Å². The van der Waals surface area contributed by atoms with Crippen molar-refractivity contribution in [1.82, 2.24) is 15.3 Å². The second-order valence-corrected chi connectivity index (χ2v) is 6.58. The average molecular weight is 304 g/mol. The van der Waals surface area contributed by atoms with Crippen molar-refractivity contribution in [2.45, 2.75) is 64.8 Å². The van der Waals surface area contributed by atoms with E-state index in [0.717, 1.165) is 18.5 Å². The maximum absolute atomic E-state index is 12.6. The van der Waals surface area contributed by atoms with Gasteiger partial charge in [-0.3, -0.25) is 4.79 Å². The second-order valence-electron chi connectivity index (χ2n) is 6.58. The molecule has 2 rings (SSSR count). The maximum atomic E-state index is 12.6. The monoisotopic (exact) mass is 304 g/mol. The number of amides is 1. The number of hydrogen-bond acceptors (Lipinski definition) is 4. The molecule has 0 aromatic carbocycles. The minimum Gasteiger partial charge on any atom is -0.348 e. The van der Waals surface area contributed by atoms with E-state index in [1.807, 2.05) is 20.8 Å². The van der Waals surface area contributed by atoms with Crippen molar-refractivity contribution in [2.75, 3.05) is 6.54 Å². The topological polar surface area (TPSA) is 80.9 Å². The van der Waals surface area contributed by atoms with Gasteiger partial charge in [0.25, 0.3) is 5.91 Å². The summed E-state index contributed by atoms with van der Waals surface area (Å²) in [5, 5.41) is 3.12. The molecular weight excluding hydrogens is 276 g/mol. The summed E-state index contributed by atoms with van der Waals surface area (Å²) in [4.78, 5) is 21.3. The number of carbonyl (C=O) groups excluding carboxylic acids is 1. The third-order valence-corrected chi connectivity index (χ3v) is 4.52. The molecule has 1 aliphatic rings. The molecule has 5 heteroatoms. The van der Waals surface area contributed by atoms with Crippen molar-refractivity contribution in [3.05, 3.63) is 23.3 Å². The molecule has 5 nitrogen and oxygen atoms in total. The van der Waals surface area contributed by atoms with Crippen LogP contribution in [0.5, 0.6) is 0 Å². The lowest BCUT2D eigenvalue weighted by atomic mass is 9.83. The Morgan fingerprint density at radius 3 is 2.64 bits per heavy atom. The molecule has 1 saturated carbocycles. The van der Waals surface area contributed by atoms with E-state index in [2.05, 4.69) is 15.3 Å². The standard InChI is InChI=1S/C17H28N4O/c1-11(2)16-14(10-19-12(3)20-16)17(22)21-15(9-18)13-7-5-4-6-8-13/h10-11,13,15H,4-9,18H2,1-3H3,(H,21,22). The smallest absolute Gasteiger partial charge is 0.254 e. The zero-order valence-electron chi connectivity index (χ0n) is 13.9. The minimum absolute atomic E-state index is 0.0501. The zero-order valence-corrected chi connectivity index (χ0v) is 13.9. The Labute approximate surface area is 133 Å². The minimum atomic E-state index is -0.0928. The Morgan fingerprint density at radius 2 is 2.05 bits per heavy atom. The molecule has 1 aliphatic carbocycles. The molecular formula is C17H28N4O. The summed E-state index contributed by atoms with van der Waals surface area (Å²) < 4.78 is 0. The van der Waals surface area contributed by atoms with Gasteiger partial charge in [-0.1, -0.05) is 33.1 Å².